The summed E-state index contributed by atoms with van der Waals surface area (Å²) in [4.78, 5) is 28.3. The van der Waals surface area contributed by atoms with Crippen LogP contribution in [0.25, 0.3) is 0 Å². The van der Waals surface area contributed by atoms with Gasteiger partial charge in [-0.05, 0) is 24.3 Å². The maximum atomic E-state index is 12.7. The summed E-state index contributed by atoms with van der Waals surface area (Å²) < 4.78 is 5.02. The van der Waals surface area contributed by atoms with Gasteiger partial charge in [0.15, 0.2) is 0 Å². The first-order valence-electron chi connectivity index (χ1n) is 8.68. The Hall–Kier alpha value is -1.88. The lowest BCUT2D eigenvalue weighted by Gasteiger charge is -2.42. The number of amides is 2. The number of hydrogen-bond donors (Lipinski definition) is 0. The second-order valence-electron chi connectivity index (χ2n) is 6.92. The highest BCUT2D eigenvalue weighted by molar-refractivity contribution is 5.89. The molecule has 0 N–H and O–H groups in total. The van der Waals surface area contributed by atoms with Gasteiger partial charge in [-0.15, -0.1) is 0 Å². The van der Waals surface area contributed by atoms with Gasteiger partial charge in [0.1, 0.15) is 0 Å². The Balaban J connectivity index is 1.50. The third-order valence-corrected chi connectivity index (χ3v) is 5.41. The third kappa shape index (κ3) is 3.46. The van der Waals surface area contributed by atoms with E-state index < -0.39 is 0 Å². The van der Waals surface area contributed by atoms with Crippen molar-refractivity contribution in [1.29, 1.82) is 0 Å². The molecule has 1 saturated heterocycles. The number of methoxy groups -OCH3 is 1. The standard InChI is InChI=1S/C19H26N2O3/c1-20(17-10-15(11-17)14-6-4-3-5-7-14)19(23)16-12-18(22)21(13-16)8-9-24-2/h3-7,15-17H,8-13H2,1-2H3. The van der Waals surface area contributed by atoms with E-state index in [4.69, 9.17) is 4.74 Å². The van der Waals surface area contributed by atoms with Gasteiger partial charge in [0.2, 0.25) is 11.8 Å². The predicted molar refractivity (Wildman–Crippen MR) is 91.5 cm³/mol. The summed E-state index contributed by atoms with van der Waals surface area (Å²) >= 11 is 0. The highest BCUT2D eigenvalue weighted by atomic mass is 16.5. The second kappa shape index (κ2) is 7.34. The molecule has 5 nitrogen and oxygen atoms in total. The lowest BCUT2D eigenvalue weighted by molar-refractivity contribution is -0.138. The Morgan fingerprint density at radius 3 is 2.67 bits per heavy atom. The number of hydrogen-bond acceptors (Lipinski definition) is 3. The van der Waals surface area contributed by atoms with Crippen LogP contribution in [0.4, 0.5) is 0 Å². The van der Waals surface area contributed by atoms with E-state index in [2.05, 4.69) is 24.3 Å². The molecule has 1 aromatic rings. The zero-order chi connectivity index (χ0) is 17.1. The van der Waals surface area contributed by atoms with Crippen molar-refractivity contribution in [3.63, 3.8) is 0 Å². The van der Waals surface area contributed by atoms with Gasteiger partial charge < -0.3 is 14.5 Å². The van der Waals surface area contributed by atoms with Gasteiger partial charge in [0.05, 0.1) is 12.5 Å². The van der Waals surface area contributed by atoms with Gasteiger partial charge in [0, 0.05) is 39.7 Å². The maximum absolute atomic E-state index is 12.7. The van der Waals surface area contributed by atoms with Crippen molar-refractivity contribution in [2.24, 2.45) is 5.92 Å². The van der Waals surface area contributed by atoms with E-state index >= 15 is 0 Å². The van der Waals surface area contributed by atoms with Crippen molar-refractivity contribution in [3.05, 3.63) is 35.9 Å². The van der Waals surface area contributed by atoms with Gasteiger partial charge >= 0.3 is 0 Å². The highest BCUT2D eigenvalue weighted by Crippen LogP contribution is 2.40. The molecule has 0 radical (unpaired) electrons. The van der Waals surface area contributed by atoms with E-state index in [1.54, 1.807) is 12.0 Å². The fraction of sp³-hybridized carbons (Fsp3) is 0.579. The smallest absolute Gasteiger partial charge is 0.227 e. The van der Waals surface area contributed by atoms with Crippen LogP contribution >= 0.6 is 0 Å². The molecule has 1 aliphatic carbocycles. The summed E-state index contributed by atoms with van der Waals surface area (Å²) in [7, 11) is 3.51. The zero-order valence-corrected chi connectivity index (χ0v) is 14.5. The summed E-state index contributed by atoms with van der Waals surface area (Å²) in [5.74, 6) is 0.527. The van der Waals surface area contributed by atoms with E-state index in [0.29, 0.717) is 38.1 Å². The summed E-state index contributed by atoms with van der Waals surface area (Å²) in [6.45, 7) is 1.62. The van der Waals surface area contributed by atoms with E-state index in [0.717, 1.165) is 12.8 Å². The quantitative estimate of drug-likeness (QED) is 0.800. The van der Waals surface area contributed by atoms with E-state index in [9.17, 15) is 9.59 Å². The molecular formula is C19H26N2O3. The molecule has 1 unspecified atom stereocenters. The second-order valence-corrected chi connectivity index (χ2v) is 6.92. The fourth-order valence-electron chi connectivity index (χ4n) is 3.72. The minimum atomic E-state index is -0.199. The first kappa shape index (κ1) is 17.0. The zero-order valence-electron chi connectivity index (χ0n) is 14.5. The normalized spacial score (nSPS) is 26.3. The molecule has 1 aliphatic heterocycles. The predicted octanol–water partition coefficient (Wildman–Crippen LogP) is 1.89. The van der Waals surface area contributed by atoms with Crippen LogP contribution in [0.15, 0.2) is 30.3 Å². The average Bonchev–Trinajstić information content (AvgIpc) is 2.92. The SMILES string of the molecule is COCCN1CC(C(=O)N(C)C2CC(c3ccccc3)C2)CC1=O. The van der Waals surface area contributed by atoms with Gasteiger partial charge in [-0.1, -0.05) is 30.3 Å². The van der Waals surface area contributed by atoms with Gasteiger partial charge in [-0.3, -0.25) is 9.59 Å². The summed E-state index contributed by atoms with van der Waals surface area (Å²) in [6.07, 6.45) is 2.36. The van der Waals surface area contributed by atoms with Crippen molar-refractivity contribution in [2.75, 3.05) is 33.9 Å². The van der Waals surface area contributed by atoms with Crippen LogP contribution in [0.1, 0.15) is 30.7 Å². The Bertz CT molecular complexity index is 584. The molecule has 0 bridgehead atoms. The molecule has 1 saturated carbocycles. The van der Waals surface area contributed by atoms with Gasteiger partial charge in [-0.25, -0.2) is 0 Å². The van der Waals surface area contributed by atoms with Crippen molar-refractivity contribution in [3.8, 4) is 0 Å². The molecule has 2 fully saturated rings. The van der Waals surface area contributed by atoms with Crippen LogP contribution in [0.5, 0.6) is 0 Å². The summed E-state index contributed by atoms with van der Waals surface area (Å²) in [5, 5.41) is 0. The number of carbonyl (C=O) groups is 2. The number of rotatable bonds is 6. The maximum Gasteiger partial charge on any atom is 0.227 e. The Morgan fingerprint density at radius 2 is 2.00 bits per heavy atom. The third-order valence-electron chi connectivity index (χ3n) is 5.41. The van der Waals surface area contributed by atoms with Crippen molar-refractivity contribution < 1.29 is 14.3 Å². The van der Waals surface area contributed by atoms with Crippen LogP contribution in [0, 0.1) is 5.92 Å². The lowest BCUT2D eigenvalue weighted by atomic mass is 9.75. The van der Waals surface area contributed by atoms with Crippen LogP contribution in [-0.2, 0) is 14.3 Å². The highest BCUT2D eigenvalue weighted by Gasteiger charge is 2.40. The first-order valence-corrected chi connectivity index (χ1v) is 8.68. The van der Waals surface area contributed by atoms with Crippen LogP contribution < -0.4 is 0 Å². The summed E-state index contributed by atoms with van der Waals surface area (Å²) in [6, 6.07) is 10.8. The molecule has 2 aliphatic rings. The van der Waals surface area contributed by atoms with Gasteiger partial charge in [-0.2, -0.15) is 0 Å². The number of ether oxygens (including phenoxy) is 1. The van der Waals surface area contributed by atoms with E-state index in [-0.39, 0.29) is 17.7 Å². The van der Waals surface area contributed by atoms with E-state index in [1.807, 2.05) is 18.0 Å². The molecule has 0 spiro atoms. The Kier molecular flexibility index (Phi) is 5.19. The van der Waals surface area contributed by atoms with Crippen molar-refractivity contribution >= 4 is 11.8 Å². The van der Waals surface area contributed by atoms with Crippen molar-refractivity contribution in [1.82, 2.24) is 9.80 Å². The summed E-state index contributed by atoms with van der Waals surface area (Å²) in [5.41, 5.74) is 1.36. The van der Waals surface area contributed by atoms with E-state index in [1.165, 1.54) is 5.56 Å². The Labute approximate surface area is 143 Å². The Morgan fingerprint density at radius 1 is 1.29 bits per heavy atom. The number of likely N-dealkylation sites (tertiary alicyclic amines) is 1. The first-order chi connectivity index (χ1) is 11.6. The number of nitrogens with zero attached hydrogens (tertiary/aromatic N) is 2. The minimum absolute atomic E-state index is 0.0644. The van der Waals surface area contributed by atoms with Crippen molar-refractivity contribution in [2.45, 2.75) is 31.2 Å². The largest absolute Gasteiger partial charge is 0.383 e. The molecule has 5 heteroatoms. The molecule has 3 rings (SSSR count). The lowest BCUT2D eigenvalue weighted by Crippen LogP contribution is -2.47. The molecule has 24 heavy (non-hydrogen) atoms. The topological polar surface area (TPSA) is 49.9 Å². The van der Waals surface area contributed by atoms with Crippen LogP contribution in [0.3, 0.4) is 0 Å². The van der Waals surface area contributed by atoms with Crippen LogP contribution in [0.2, 0.25) is 0 Å². The average molecular weight is 330 g/mol. The molecule has 1 aromatic carbocycles. The molecule has 1 heterocycles. The molecule has 1 atom stereocenters. The molecule has 2 amide bonds. The van der Waals surface area contributed by atoms with Crippen LogP contribution in [-0.4, -0.2) is 61.5 Å². The minimum Gasteiger partial charge on any atom is -0.383 e. The van der Waals surface area contributed by atoms with Gasteiger partial charge in [0.25, 0.3) is 0 Å². The number of benzene rings is 1. The monoisotopic (exact) mass is 330 g/mol. The molecule has 130 valence electrons. The fourth-order valence-corrected chi connectivity index (χ4v) is 3.72. The number of carbonyl (C=O) groups excluding carboxylic acids is 2. The molecule has 0 aromatic heterocycles. The molecular weight excluding hydrogens is 304 g/mol.